The molecular formula is C20H19Cl2N5O. The predicted molar refractivity (Wildman–Crippen MR) is 115 cm³/mol. The Kier molecular flexibility index (Phi) is 6.02. The van der Waals surface area contributed by atoms with Gasteiger partial charge in [0.15, 0.2) is 0 Å². The molecule has 2 aromatic carbocycles. The van der Waals surface area contributed by atoms with Crippen LogP contribution in [-0.2, 0) is 0 Å². The van der Waals surface area contributed by atoms with Crippen LogP contribution in [0.15, 0.2) is 48.5 Å². The molecule has 0 bridgehead atoms. The number of carbonyl (C=O) groups excluding carboxylic acids is 1. The van der Waals surface area contributed by atoms with Gasteiger partial charge in [-0.3, -0.25) is 4.79 Å². The molecular weight excluding hydrogens is 397 g/mol. The van der Waals surface area contributed by atoms with Crippen molar-refractivity contribution >= 4 is 52.1 Å². The maximum absolute atomic E-state index is 12.4. The number of benzene rings is 2. The van der Waals surface area contributed by atoms with Gasteiger partial charge in [0, 0.05) is 36.6 Å². The van der Waals surface area contributed by atoms with E-state index in [1.807, 2.05) is 44.1 Å². The highest BCUT2D eigenvalue weighted by atomic mass is 35.5. The third-order valence-corrected chi connectivity index (χ3v) is 4.42. The molecule has 0 atom stereocenters. The van der Waals surface area contributed by atoms with Crippen molar-refractivity contribution in [1.29, 1.82) is 0 Å². The van der Waals surface area contributed by atoms with E-state index in [2.05, 4.69) is 20.6 Å². The number of hydrogen-bond acceptors (Lipinski definition) is 5. The van der Waals surface area contributed by atoms with Crippen LogP contribution < -0.4 is 15.5 Å². The van der Waals surface area contributed by atoms with Gasteiger partial charge in [0.05, 0.1) is 10.6 Å². The molecule has 0 unspecified atom stereocenters. The van der Waals surface area contributed by atoms with Crippen molar-refractivity contribution in [1.82, 2.24) is 9.97 Å². The Labute approximate surface area is 173 Å². The minimum absolute atomic E-state index is 0.301. The van der Waals surface area contributed by atoms with Crippen LogP contribution in [0.5, 0.6) is 0 Å². The van der Waals surface area contributed by atoms with Gasteiger partial charge in [-0.1, -0.05) is 23.2 Å². The van der Waals surface area contributed by atoms with Crippen LogP contribution in [0.25, 0.3) is 0 Å². The van der Waals surface area contributed by atoms with Crippen LogP contribution in [0, 0.1) is 6.92 Å². The molecule has 2 N–H and O–H groups in total. The first-order valence-electron chi connectivity index (χ1n) is 8.48. The van der Waals surface area contributed by atoms with Crippen molar-refractivity contribution < 1.29 is 4.79 Å². The van der Waals surface area contributed by atoms with Crippen LogP contribution in [0.1, 0.15) is 16.2 Å². The van der Waals surface area contributed by atoms with Crippen molar-refractivity contribution in [2.45, 2.75) is 6.92 Å². The fraction of sp³-hybridized carbons (Fsp3) is 0.150. The second kappa shape index (κ2) is 8.46. The molecule has 3 aromatic rings. The SMILES string of the molecule is Cc1nc(Nc2ccc(NC(=O)c3ccc(Cl)cc3Cl)cc2)cc(N(C)C)n1. The van der Waals surface area contributed by atoms with Crippen LogP contribution in [0.3, 0.4) is 0 Å². The lowest BCUT2D eigenvalue weighted by Crippen LogP contribution is -2.13. The minimum atomic E-state index is -0.301. The standard InChI is InChI=1S/C20H19Cl2N5O/c1-12-23-18(11-19(24-12)27(2)3)25-14-5-7-15(8-6-14)26-20(28)16-9-4-13(21)10-17(16)22/h4-11H,1-3H3,(H,26,28)(H,23,24,25). The summed E-state index contributed by atoms with van der Waals surface area (Å²) in [5, 5.41) is 6.84. The van der Waals surface area contributed by atoms with E-state index in [0.717, 1.165) is 11.5 Å². The zero-order valence-electron chi connectivity index (χ0n) is 15.6. The first-order chi connectivity index (χ1) is 13.3. The predicted octanol–water partition coefficient (Wildman–Crippen LogP) is 5.15. The number of nitrogens with one attached hydrogen (secondary N) is 2. The van der Waals surface area contributed by atoms with Gasteiger partial charge in [0.1, 0.15) is 17.5 Å². The van der Waals surface area contributed by atoms with E-state index in [4.69, 9.17) is 23.2 Å². The number of aromatic nitrogens is 2. The lowest BCUT2D eigenvalue weighted by atomic mass is 10.2. The van der Waals surface area contributed by atoms with Crippen LogP contribution in [0.4, 0.5) is 23.0 Å². The third-order valence-electron chi connectivity index (χ3n) is 3.87. The van der Waals surface area contributed by atoms with E-state index in [1.54, 1.807) is 24.3 Å². The molecule has 0 fully saturated rings. The van der Waals surface area contributed by atoms with Gasteiger partial charge in [-0.05, 0) is 49.4 Å². The fourth-order valence-electron chi connectivity index (χ4n) is 2.50. The second-order valence-electron chi connectivity index (χ2n) is 6.33. The molecule has 6 nitrogen and oxygen atoms in total. The molecule has 0 aliphatic rings. The van der Waals surface area contributed by atoms with Crippen molar-refractivity contribution in [3.05, 3.63) is 70.0 Å². The van der Waals surface area contributed by atoms with Gasteiger partial charge in [-0.25, -0.2) is 9.97 Å². The van der Waals surface area contributed by atoms with E-state index in [1.165, 1.54) is 6.07 Å². The van der Waals surface area contributed by atoms with Gasteiger partial charge >= 0.3 is 0 Å². The summed E-state index contributed by atoms with van der Waals surface area (Å²) in [6.45, 7) is 1.85. The zero-order chi connectivity index (χ0) is 20.3. The Hall–Kier alpha value is -2.83. The maximum atomic E-state index is 12.4. The Bertz CT molecular complexity index is 1010. The smallest absolute Gasteiger partial charge is 0.257 e. The summed E-state index contributed by atoms with van der Waals surface area (Å²) in [5.74, 6) is 1.89. The van der Waals surface area contributed by atoms with E-state index >= 15 is 0 Å². The molecule has 3 rings (SSSR count). The molecule has 0 radical (unpaired) electrons. The second-order valence-corrected chi connectivity index (χ2v) is 7.18. The highest BCUT2D eigenvalue weighted by molar-refractivity contribution is 6.37. The average molecular weight is 416 g/mol. The molecule has 0 spiro atoms. The summed E-state index contributed by atoms with van der Waals surface area (Å²) in [6.07, 6.45) is 0. The van der Waals surface area contributed by atoms with Crippen molar-refractivity contribution in [3.63, 3.8) is 0 Å². The molecule has 1 amide bonds. The van der Waals surface area contributed by atoms with Gasteiger partial charge in [-0.15, -0.1) is 0 Å². The average Bonchev–Trinajstić information content (AvgIpc) is 2.62. The fourth-order valence-corrected chi connectivity index (χ4v) is 3.00. The monoisotopic (exact) mass is 415 g/mol. The topological polar surface area (TPSA) is 70.2 Å². The Morgan fingerprint density at radius 3 is 2.29 bits per heavy atom. The lowest BCUT2D eigenvalue weighted by molar-refractivity contribution is 0.102. The van der Waals surface area contributed by atoms with Gasteiger partial charge < -0.3 is 15.5 Å². The van der Waals surface area contributed by atoms with Gasteiger partial charge in [0.25, 0.3) is 5.91 Å². The zero-order valence-corrected chi connectivity index (χ0v) is 17.1. The highest BCUT2D eigenvalue weighted by Crippen LogP contribution is 2.23. The Morgan fingerprint density at radius 2 is 1.64 bits per heavy atom. The van der Waals surface area contributed by atoms with Crippen molar-refractivity contribution in [2.24, 2.45) is 0 Å². The molecule has 0 saturated heterocycles. The van der Waals surface area contributed by atoms with Gasteiger partial charge in [0.2, 0.25) is 0 Å². The quantitative estimate of drug-likeness (QED) is 0.602. The van der Waals surface area contributed by atoms with Crippen molar-refractivity contribution in [2.75, 3.05) is 29.6 Å². The van der Waals surface area contributed by atoms with Crippen LogP contribution >= 0.6 is 23.2 Å². The van der Waals surface area contributed by atoms with E-state index in [-0.39, 0.29) is 5.91 Å². The van der Waals surface area contributed by atoms with E-state index in [0.29, 0.717) is 32.9 Å². The number of rotatable bonds is 5. The van der Waals surface area contributed by atoms with Crippen LogP contribution in [-0.4, -0.2) is 30.0 Å². The van der Waals surface area contributed by atoms with E-state index in [9.17, 15) is 4.79 Å². The molecule has 1 heterocycles. The van der Waals surface area contributed by atoms with Crippen molar-refractivity contribution in [3.8, 4) is 0 Å². The molecule has 0 aliphatic carbocycles. The number of amides is 1. The molecule has 144 valence electrons. The summed E-state index contributed by atoms with van der Waals surface area (Å²) in [7, 11) is 3.85. The Morgan fingerprint density at radius 1 is 0.964 bits per heavy atom. The first-order valence-corrected chi connectivity index (χ1v) is 9.24. The van der Waals surface area contributed by atoms with Gasteiger partial charge in [-0.2, -0.15) is 0 Å². The highest BCUT2D eigenvalue weighted by Gasteiger charge is 2.11. The molecule has 0 aliphatic heterocycles. The number of aryl methyl sites for hydroxylation is 1. The van der Waals surface area contributed by atoms with E-state index < -0.39 is 0 Å². The third kappa shape index (κ3) is 4.91. The number of nitrogens with zero attached hydrogens (tertiary/aromatic N) is 3. The summed E-state index contributed by atoms with van der Waals surface area (Å²) in [6, 6.07) is 13.9. The summed E-state index contributed by atoms with van der Waals surface area (Å²) >= 11 is 12.0. The lowest BCUT2D eigenvalue weighted by Gasteiger charge is -2.14. The molecule has 0 saturated carbocycles. The normalized spacial score (nSPS) is 10.5. The molecule has 8 heteroatoms. The first kappa shape index (κ1) is 19.9. The maximum Gasteiger partial charge on any atom is 0.257 e. The molecule has 1 aromatic heterocycles. The largest absolute Gasteiger partial charge is 0.363 e. The number of hydrogen-bond donors (Lipinski definition) is 2. The summed E-state index contributed by atoms with van der Waals surface area (Å²) in [4.78, 5) is 23.1. The summed E-state index contributed by atoms with van der Waals surface area (Å²) in [5.41, 5.74) is 1.85. The number of halogens is 2. The molecule has 28 heavy (non-hydrogen) atoms. The minimum Gasteiger partial charge on any atom is -0.363 e. The number of carbonyl (C=O) groups is 1. The van der Waals surface area contributed by atoms with Crippen LogP contribution in [0.2, 0.25) is 10.0 Å². The number of anilines is 4. The summed E-state index contributed by atoms with van der Waals surface area (Å²) < 4.78 is 0. The Balaban J connectivity index is 1.71.